The normalized spacial score (nSPS) is 15.9. The minimum absolute atomic E-state index is 0.0992. The van der Waals surface area contributed by atoms with Crippen LogP contribution in [0.4, 0.5) is 5.69 Å². The molecule has 0 aliphatic carbocycles. The molecular formula is C22H22N4O3. The Bertz CT molecular complexity index is 1070. The summed E-state index contributed by atoms with van der Waals surface area (Å²) >= 11 is 0. The molecule has 29 heavy (non-hydrogen) atoms. The number of hydrogen-bond acceptors (Lipinski definition) is 3. The first-order valence-electron chi connectivity index (χ1n) is 9.63. The third-order valence-electron chi connectivity index (χ3n) is 5.02. The highest BCUT2D eigenvalue weighted by atomic mass is 16.2. The third-order valence-corrected chi connectivity index (χ3v) is 5.02. The van der Waals surface area contributed by atoms with E-state index in [1.165, 1.54) is 5.39 Å². The number of carbonyl (C=O) groups is 3. The maximum absolute atomic E-state index is 12.4. The van der Waals surface area contributed by atoms with Crippen LogP contribution in [0.15, 0.2) is 60.8 Å². The average molecular weight is 390 g/mol. The second kappa shape index (κ2) is 8.18. The maximum Gasteiger partial charge on any atom is 0.254 e. The highest BCUT2D eigenvalue weighted by Gasteiger charge is 2.29. The smallest absolute Gasteiger partial charge is 0.254 e. The van der Waals surface area contributed by atoms with Crippen molar-refractivity contribution in [2.45, 2.75) is 25.4 Å². The number of aryl methyl sites for hydroxylation is 1. The lowest BCUT2D eigenvalue weighted by molar-refractivity contribution is -0.125. The molecule has 0 saturated carbocycles. The van der Waals surface area contributed by atoms with Crippen molar-refractivity contribution in [3.05, 3.63) is 66.4 Å². The summed E-state index contributed by atoms with van der Waals surface area (Å²) in [5.74, 6) is -1.03. The molecule has 1 aliphatic heterocycles. The Kier molecular flexibility index (Phi) is 5.29. The van der Waals surface area contributed by atoms with Crippen LogP contribution in [0.5, 0.6) is 0 Å². The number of para-hydroxylation sites is 2. The molecule has 7 heteroatoms. The van der Waals surface area contributed by atoms with E-state index in [1.807, 2.05) is 18.3 Å². The van der Waals surface area contributed by atoms with Crippen LogP contribution in [0, 0.1) is 0 Å². The highest BCUT2D eigenvalue weighted by Crippen LogP contribution is 2.19. The summed E-state index contributed by atoms with van der Waals surface area (Å²) in [5, 5.41) is 9.36. The van der Waals surface area contributed by atoms with Gasteiger partial charge in [0.05, 0.1) is 17.7 Å². The van der Waals surface area contributed by atoms with Crippen molar-refractivity contribution in [1.82, 2.24) is 15.2 Å². The van der Waals surface area contributed by atoms with Crippen molar-refractivity contribution < 1.29 is 14.4 Å². The van der Waals surface area contributed by atoms with Crippen LogP contribution >= 0.6 is 0 Å². The molecule has 1 unspecified atom stereocenters. The minimum atomic E-state index is -0.900. The number of nitrogens with one attached hydrogen (secondary N) is 3. The Hall–Kier alpha value is -3.61. The molecule has 7 nitrogen and oxygen atoms in total. The van der Waals surface area contributed by atoms with Crippen molar-refractivity contribution in [2.75, 3.05) is 11.9 Å². The lowest BCUT2D eigenvalue weighted by Crippen LogP contribution is -2.44. The van der Waals surface area contributed by atoms with E-state index in [1.54, 1.807) is 24.3 Å². The largest absolute Gasteiger partial charge is 0.356 e. The predicted molar refractivity (Wildman–Crippen MR) is 111 cm³/mol. The van der Waals surface area contributed by atoms with Crippen LogP contribution in [0.3, 0.4) is 0 Å². The fourth-order valence-corrected chi connectivity index (χ4v) is 3.53. The summed E-state index contributed by atoms with van der Waals surface area (Å²) < 4.78 is 2.15. The molecule has 0 fully saturated rings. The fourth-order valence-electron chi connectivity index (χ4n) is 3.53. The topological polar surface area (TPSA) is 92.2 Å². The van der Waals surface area contributed by atoms with Gasteiger partial charge in [0.15, 0.2) is 0 Å². The Morgan fingerprint density at radius 3 is 2.72 bits per heavy atom. The lowest BCUT2D eigenvalue weighted by atomic mass is 10.1. The van der Waals surface area contributed by atoms with E-state index in [-0.39, 0.29) is 18.2 Å². The fraction of sp³-hybridized carbons (Fsp3) is 0.227. The molecular weight excluding hydrogens is 368 g/mol. The van der Waals surface area contributed by atoms with Crippen LogP contribution < -0.4 is 16.0 Å². The summed E-state index contributed by atoms with van der Waals surface area (Å²) in [6, 6.07) is 16.1. The molecule has 1 atom stereocenters. The highest BCUT2D eigenvalue weighted by molar-refractivity contribution is 6.10. The molecule has 1 aliphatic rings. The van der Waals surface area contributed by atoms with Gasteiger partial charge in [0.2, 0.25) is 11.8 Å². The van der Waals surface area contributed by atoms with Crippen LogP contribution in [0.25, 0.3) is 10.9 Å². The van der Waals surface area contributed by atoms with Gasteiger partial charge in [-0.2, -0.15) is 0 Å². The number of benzene rings is 2. The zero-order valence-electron chi connectivity index (χ0n) is 15.9. The van der Waals surface area contributed by atoms with Crippen LogP contribution in [-0.2, 0) is 16.1 Å². The van der Waals surface area contributed by atoms with E-state index in [0.717, 1.165) is 18.5 Å². The van der Waals surface area contributed by atoms with E-state index in [0.29, 0.717) is 17.8 Å². The van der Waals surface area contributed by atoms with Gasteiger partial charge in [0, 0.05) is 24.8 Å². The average Bonchev–Trinajstić information content (AvgIpc) is 3.09. The molecule has 2 aromatic carbocycles. The Balaban J connectivity index is 1.27. The summed E-state index contributed by atoms with van der Waals surface area (Å²) in [6.45, 7) is 1.28. The van der Waals surface area contributed by atoms with Crippen molar-refractivity contribution in [2.24, 2.45) is 0 Å². The first-order valence-corrected chi connectivity index (χ1v) is 9.63. The van der Waals surface area contributed by atoms with Gasteiger partial charge in [-0.05, 0) is 36.1 Å². The van der Waals surface area contributed by atoms with Gasteiger partial charge in [-0.25, -0.2) is 0 Å². The zero-order chi connectivity index (χ0) is 20.2. The lowest BCUT2D eigenvalue weighted by Gasteiger charge is -2.14. The monoisotopic (exact) mass is 390 g/mol. The van der Waals surface area contributed by atoms with Gasteiger partial charge in [-0.1, -0.05) is 30.3 Å². The number of aromatic nitrogens is 1. The molecule has 3 N–H and O–H groups in total. The van der Waals surface area contributed by atoms with Crippen molar-refractivity contribution in [3.63, 3.8) is 0 Å². The quantitative estimate of drug-likeness (QED) is 0.564. The number of carbonyl (C=O) groups excluding carboxylic acids is 3. The standard InChI is InChI=1S/C22H22N4O3/c27-20(23-11-5-12-26-13-10-15-6-1-4-9-19(15)26)14-18-22(29)24-17-8-3-2-7-16(17)21(28)25-18/h1-4,6-10,13,18H,5,11-12,14H2,(H,23,27)(H,24,29)(H,25,28). The molecule has 3 amide bonds. The number of hydrogen-bond donors (Lipinski definition) is 3. The van der Waals surface area contributed by atoms with E-state index in [4.69, 9.17) is 0 Å². The van der Waals surface area contributed by atoms with Crippen molar-refractivity contribution in [1.29, 1.82) is 0 Å². The first kappa shape index (κ1) is 18.7. The van der Waals surface area contributed by atoms with E-state index in [9.17, 15) is 14.4 Å². The van der Waals surface area contributed by atoms with Gasteiger partial charge < -0.3 is 20.5 Å². The van der Waals surface area contributed by atoms with Gasteiger partial charge in [-0.3, -0.25) is 14.4 Å². The summed E-state index contributed by atoms with van der Waals surface area (Å²) in [4.78, 5) is 36.9. The SMILES string of the molecule is O=C(CC1NC(=O)c2ccccc2NC1=O)NCCCn1ccc2ccccc21. The van der Waals surface area contributed by atoms with Crippen molar-refractivity contribution >= 4 is 34.3 Å². The van der Waals surface area contributed by atoms with Gasteiger partial charge in [-0.15, -0.1) is 0 Å². The molecule has 0 spiro atoms. The summed E-state index contributed by atoms with van der Waals surface area (Å²) in [6.07, 6.45) is 2.70. The number of rotatable bonds is 6. The first-order chi connectivity index (χ1) is 14.1. The number of nitrogens with zero attached hydrogens (tertiary/aromatic N) is 1. The predicted octanol–water partition coefficient (Wildman–Crippen LogP) is 2.29. The second-order valence-corrected chi connectivity index (χ2v) is 7.04. The molecule has 0 saturated heterocycles. The van der Waals surface area contributed by atoms with E-state index < -0.39 is 11.9 Å². The zero-order valence-corrected chi connectivity index (χ0v) is 15.9. The minimum Gasteiger partial charge on any atom is -0.356 e. The molecule has 0 bridgehead atoms. The van der Waals surface area contributed by atoms with Crippen molar-refractivity contribution in [3.8, 4) is 0 Å². The van der Waals surface area contributed by atoms with Crippen LogP contribution in [-0.4, -0.2) is 34.9 Å². The molecule has 148 valence electrons. The van der Waals surface area contributed by atoms with E-state index >= 15 is 0 Å². The van der Waals surface area contributed by atoms with E-state index in [2.05, 4.69) is 38.7 Å². The van der Waals surface area contributed by atoms with Crippen LogP contribution in [0.2, 0.25) is 0 Å². The van der Waals surface area contributed by atoms with Gasteiger partial charge in [0.25, 0.3) is 5.91 Å². The molecule has 0 radical (unpaired) electrons. The van der Waals surface area contributed by atoms with Gasteiger partial charge >= 0.3 is 0 Å². The van der Waals surface area contributed by atoms with Gasteiger partial charge in [0.1, 0.15) is 6.04 Å². The summed E-state index contributed by atoms with van der Waals surface area (Å²) in [5.41, 5.74) is 2.01. The number of anilines is 1. The number of amides is 3. The third kappa shape index (κ3) is 4.13. The molecule has 3 aromatic rings. The van der Waals surface area contributed by atoms with Crippen LogP contribution in [0.1, 0.15) is 23.2 Å². The molecule has 4 rings (SSSR count). The summed E-state index contributed by atoms with van der Waals surface area (Å²) in [7, 11) is 0. The maximum atomic E-state index is 12.4. The molecule has 2 heterocycles. The Labute approximate surface area is 168 Å². The molecule has 1 aromatic heterocycles. The number of fused-ring (bicyclic) bond motifs is 2. The second-order valence-electron chi connectivity index (χ2n) is 7.04. The Morgan fingerprint density at radius 1 is 1.03 bits per heavy atom. The Morgan fingerprint density at radius 2 is 1.83 bits per heavy atom.